The zero-order valence-corrected chi connectivity index (χ0v) is 5.14. The van der Waals surface area contributed by atoms with Crippen molar-refractivity contribution < 1.29 is 9.63 Å². The lowest BCUT2D eigenvalue weighted by Gasteiger charge is -1.84. The molecule has 0 saturated heterocycles. The lowest BCUT2D eigenvalue weighted by molar-refractivity contribution is -0.140. The molecule has 0 aromatic rings. The van der Waals surface area contributed by atoms with Gasteiger partial charge in [0.1, 0.15) is 0 Å². The fourth-order valence-electron chi connectivity index (χ4n) is 0.0315. The monoisotopic (exact) mass is 201 g/mol. The Hall–Kier alpha value is 0.160. The number of alkyl halides is 1. The van der Waals surface area contributed by atoms with E-state index in [0.717, 1.165) is 0 Å². The summed E-state index contributed by atoms with van der Waals surface area (Å²) in [7, 11) is 0. The van der Waals surface area contributed by atoms with Crippen molar-refractivity contribution in [2.75, 3.05) is 4.43 Å². The number of carbonyl (C=O) groups is 1. The summed E-state index contributed by atoms with van der Waals surface area (Å²) in [5, 5.41) is 0. The highest BCUT2D eigenvalue weighted by Gasteiger charge is 1.90. The minimum Gasteiger partial charge on any atom is -0.373 e. The summed E-state index contributed by atoms with van der Waals surface area (Å²) in [5.41, 5.74) is 0. The predicted molar refractivity (Wildman–Crippen MR) is 29.2 cm³/mol. The quantitative estimate of drug-likeness (QED) is 0.364. The summed E-state index contributed by atoms with van der Waals surface area (Å²) in [4.78, 5) is 13.6. The van der Waals surface area contributed by atoms with Crippen molar-refractivity contribution in [2.45, 2.75) is 0 Å². The predicted octanol–water partition coefficient (Wildman–Crippen LogP) is -0.162. The maximum Gasteiger partial charge on any atom is 0.334 e. The molecule has 0 aromatic heterocycles. The number of carbonyl (C=O) groups excluding carboxylic acids is 1. The Morgan fingerprint density at radius 1 is 2.00 bits per heavy atom. The smallest absolute Gasteiger partial charge is 0.334 e. The lowest BCUT2D eigenvalue weighted by atomic mass is 10.8. The van der Waals surface area contributed by atoms with Crippen molar-refractivity contribution in [3.05, 3.63) is 0 Å². The molecule has 0 aliphatic rings. The normalized spacial score (nSPS) is 7.67. The SMILES string of the molecule is NOC(=O)CI. The van der Waals surface area contributed by atoms with Gasteiger partial charge < -0.3 is 4.84 Å². The highest BCUT2D eigenvalue weighted by Crippen LogP contribution is 1.79. The Morgan fingerprint density at radius 3 is 2.50 bits per heavy atom. The minimum absolute atomic E-state index is 0.314. The number of rotatable bonds is 1. The third-order valence-electron chi connectivity index (χ3n) is 0.241. The second-order valence-corrected chi connectivity index (χ2v) is 1.39. The lowest BCUT2D eigenvalue weighted by Crippen LogP contribution is -2.09. The zero-order chi connectivity index (χ0) is 4.99. The van der Waals surface area contributed by atoms with E-state index < -0.39 is 5.97 Å². The van der Waals surface area contributed by atoms with Gasteiger partial charge in [0.2, 0.25) is 0 Å². The van der Waals surface area contributed by atoms with Crippen molar-refractivity contribution in [1.29, 1.82) is 0 Å². The topological polar surface area (TPSA) is 52.3 Å². The average molecular weight is 201 g/mol. The second kappa shape index (κ2) is 3.35. The van der Waals surface area contributed by atoms with Crippen LogP contribution in [-0.2, 0) is 9.63 Å². The molecule has 4 heteroatoms. The summed E-state index contributed by atoms with van der Waals surface area (Å²) < 4.78 is 0.314. The van der Waals surface area contributed by atoms with Crippen molar-refractivity contribution in [1.82, 2.24) is 0 Å². The Balaban J connectivity index is 2.99. The number of halogens is 1. The molecule has 0 fully saturated rings. The van der Waals surface area contributed by atoms with Gasteiger partial charge >= 0.3 is 5.97 Å². The molecule has 0 radical (unpaired) electrons. The maximum absolute atomic E-state index is 9.83. The largest absolute Gasteiger partial charge is 0.373 e. The Kier molecular flexibility index (Phi) is 3.44. The van der Waals surface area contributed by atoms with Crippen LogP contribution < -0.4 is 5.90 Å². The highest BCUT2D eigenvalue weighted by molar-refractivity contribution is 14.1. The van der Waals surface area contributed by atoms with Crippen molar-refractivity contribution in [2.24, 2.45) is 5.90 Å². The van der Waals surface area contributed by atoms with E-state index in [-0.39, 0.29) is 0 Å². The van der Waals surface area contributed by atoms with E-state index in [1.54, 1.807) is 0 Å². The van der Waals surface area contributed by atoms with Gasteiger partial charge in [0.15, 0.2) is 0 Å². The van der Waals surface area contributed by atoms with E-state index in [1.807, 2.05) is 22.6 Å². The summed E-state index contributed by atoms with van der Waals surface area (Å²) in [6.45, 7) is 0. The Labute approximate surface area is 48.9 Å². The second-order valence-electron chi connectivity index (χ2n) is 0.623. The van der Waals surface area contributed by atoms with Gasteiger partial charge in [-0.15, -0.1) is 0 Å². The molecule has 0 bridgehead atoms. The van der Waals surface area contributed by atoms with Crippen LogP contribution in [-0.4, -0.2) is 10.4 Å². The Bertz CT molecular complexity index is 49.5. The number of hydrogen-bond donors (Lipinski definition) is 1. The first-order valence-corrected chi connectivity index (χ1v) is 2.79. The zero-order valence-electron chi connectivity index (χ0n) is 2.98. The van der Waals surface area contributed by atoms with E-state index in [2.05, 4.69) is 10.7 Å². The molecule has 36 valence electrons. The van der Waals surface area contributed by atoms with Crippen LogP contribution in [0.15, 0.2) is 0 Å². The van der Waals surface area contributed by atoms with E-state index in [9.17, 15) is 4.79 Å². The first-order valence-electron chi connectivity index (χ1n) is 1.26. The van der Waals surface area contributed by atoms with E-state index in [1.165, 1.54) is 0 Å². The van der Waals surface area contributed by atoms with Crippen molar-refractivity contribution >= 4 is 28.6 Å². The third-order valence-corrected chi connectivity index (χ3v) is 0.863. The first-order chi connectivity index (χ1) is 2.81. The van der Waals surface area contributed by atoms with Crippen LogP contribution in [0.4, 0.5) is 0 Å². The molecule has 3 nitrogen and oxygen atoms in total. The molecule has 2 N–H and O–H groups in total. The molecule has 0 unspecified atom stereocenters. The summed E-state index contributed by atoms with van der Waals surface area (Å²) >= 11 is 1.86. The summed E-state index contributed by atoms with van der Waals surface area (Å²) in [6, 6.07) is 0. The van der Waals surface area contributed by atoms with Crippen LogP contribution in [0.25, 0.3) is 0 Å². The van der Waals surface area contributed by atoms with Gasteiger partial charge in [-0.05, 0) is 0 Å². The summed E-state index contributed by atoms with van der Waals surface area (Å²) in [6.07, 6.45) is 0. The molecule has 0 atom stereocenters. The first kappa shape index (κ1) is 6.16. The standard InChI is InChI=1S/C2H4INO2/c3-1-2(5)6-4/h1,4H2. The van der Waals surface area contributed by atoms with Gasteiger partial charge in [0.25, 0.3) is 0 Å². The molecule has 6 heavy (non-hydrogen) atoms. The van der Waals surface area contributed by atoms with Gasteiger partial charge in [-0.3, -0.25) is 0 Å². The van der Waals surface area contributed by atoms with Crippen LogP contribution >= 0.6 is 22.6 Å². The van der Waals surface area contributed by atoms with Gasteiger partial charge in [0, 0.05) is 0 Å². The molecule has 0 heterocycles. The van der Waals surface area contributed by atoms with Gasteiger partial charge in [0.05, 0.1) is 4.43 Å². The fraction of sp³-hybridized carbons (Fsp3) is 0.500. The van der Waals surface area contributed by atoms with E-state index in [4.69, 9.17) is 0 Å². The van der Waals surface area contributed by atoms with Gasteiger partial charge in [-0.1, -0.05) is 22.6 Å². The Morgan fingerprint density at radius 2 is 2.50 bits per heavy atom. The van der Waals surface area contributed by atoms with Crippen LogP contribution in [0.3, 0.4) is 0 Å². The molecule has 0 aliphatic heterocycles. The fourth-order valence-corrected chi connectivity index (χ4v) is 0.211. The third kappa shape index (κ3) is 2.40. The molecule has 0 rings (SSSR count). The van der Waals surface area contributed by atoms with Crippen LogP contribution in [0.5, 0.6) is 0 Å². The van der Waals surface area contributed by atoms with Gasteiger partial charge in [-0.25, -0.2) is 4.79 Å². The van der Waals surface area contributed by atoms with Gasteiger partial charge in [-0.2, -0.15) is 5.90 Å². The molecule has 0 saturated carbocycles. The minimum atomic E-state index is -0.393. The van der Waals surface area contributed by atoms with E-state index >= 15 is 0 Å². The molecule has 0 aromatic carbocycles. The average Bonchev–Trinajstić information content (AvgIpc) is 1.65. The number of hydrogen-bond acceptors (Lipinski definition) is 3. The molecule has 0 amide bonds. The van der Waals surface area contributed by atoms with Crippen molar-refractivity contribution in [3.8, 4) is 0 Å². The van der Waals surface area contributed by atoms with E-state index in [0.29, 0.717) is 4.43 Å². The number of nitrogens with two attached hydrogens (primary N) is 1. The highest BCUT2D eigenvalue weighted by atomic mass is 127. The summed E-state index contributed by atoms with van der Waals surface area (Å²) in [5.74, 6) is 4.04. The maximum atomic E-state index is 9.83. The van der Waals surface area contributed by atoms with Crippen molar-refractivity contribution in [3.63, 3.8) is 0 Å². The molecular weight excluding hydrogens is 197 g/mol. The molecule has 0 spiro atoms. The molecular formula is C2H4INO2. The van der Waals surface area contributed by atoms with Crippen LogP contribution in [0, 0.1) is 0 Å². The van der Waals surface area contributed by atoms with Crippen LogP contribution in [0.1, 0.15) is 0 Å². The molecule has 0 aliphatic carbocycles. The van der Waals surface area contributed by atoms with Crippen LogP contribution in [0.2, 0.25) is 0 Å².